The fourth-order valence-electron chi connectivity index (χ4n) is 0.589. The van der Waals surface area contributed by atoms with Crippen molar-refractivity contribution >= 4 is 18.7 Å². The summed E-state index contributed by atoms with van der Waals surface area (Å²) >= 11 is 3.53. The molecule has 1 aromatic carbocycles. The number of hydrogen-bond acceptors (Lipinski definition) is 1. The van der Waals surface area contributed by atoms with E-state index in [1.807, 2.05) is 36.4 Å². The molecule has 0 bridgehead atoms. The average Bonchev–Trinajstić information content (AvgIpc) is 2.10. The molecule has 0 heterocycles. The van der Waals surface area contributed by atoms with Gasteiger partial charge in [0.15, 0.2) is 0 Å². The van der Waals surface area contributed by atoms with Gasteiger partial charge >= 0.3 is 0 Å². The number of hydrogen-bond donors (Lipinski definition) is 1. The van der Waals surface area contributed by atoms with Crippen LogP contribution in [0, 0.1) is 0 Å². The van der Waals surface area contributed by atoms with Crippen molar-refractivity contribution in [1.29, 1.82) is 0 Å². The SMILES string of the molecule is C=Cc1ccccc1.CS.O. The van der Waals surface area contributed by atoms with Crippen molar-refractivity contribution in [3.63, 3.8) is 0 Å². The first-order chi connectivity index (χ1) is 4.93. The van der Waals surface area contributed by atoms with Crippen molar-refractivity contribution in [1.82, 2.24) is 0 Å². The van der Waals surface area contributed by atoms with Gasteiger partial charge in [-0.1, -0.05) is 43.0 Å². The molecule has 1 rings (SSSR count). The summed E-state index contributed by atoms with van der Waals surface area (Å²) in [7, 11) is 0. The molecule has 11 heavy (non-hydrogen) atoms. The van der Waals surface area contributed by atoms with Gasteiger partial charge < -0.3 is 5.48 Å². The first kappa shape index (κ1) is 12.9. The molecule has 0 atom stereocenters. The first-order valence-electron chi connectivity index (χ1n) is 3.05. The predicted molar refractivity (Wildman–Crippen MR) is 55.1 cm³/mol. The summed E-state index contributed by atoms with van der Waals surface area (Å²) in [5, 5.41) is 0. The smallest absolute Gasteiger partial charge is 0.0215 e. The average molecular weight is 170 g/mol. The maximum Gasteiger partial charge on any atom is -0.0215 e. The molecule has 0 aliphatic carbocycles. The minimum Gasteiger partial charge on any atom is -0.412 e. The summed E-state index contributed by atoms with van der Waals surface area (Å²) in [6, 6.07) is 10.0. The van der Waals surface area contributed by atoms with Crippen LogP contribution in [0.2, 0.25) is 0 Å². The molecule has 0 saturated carbocycles. The predicted octanol–water partition coefficient (Wildman–Crippen LogP) is 2.05. The van der Waals surface area contributed by atoms with Crippen LogP contribution in [0.25, 0.3) is 6.08 Å². The fourth-order valence-corrected chi connectivity index (χ4v) is 0.589. The van der Waals surface area contributed by atoms with E-state index < -0.39 is 0 Å². The molecular formula is C9H14OS. The van der Waals surface area contributed by atoms with Crippen LogP contribution in [0.1, 0.15) is 5.56 Å². The van der Waals surface area contributed by atoms with Gasteiger partial charge in [0.25, 0.3) is 0 Å². The van der Waals surface area contributed by atoms with Gasteiger partial charge in [-0.15, -0.1) is 0 Å². The highest BCUT2D eigenvalue weighted by Crippen LogP contribution is 1.97. The molecule has 2 N–H and O–H groups in total. The van der Waals surface area contributed by atoms with Crippen LogP contribution in [-0.2, 0) is 0 Å². The highest BCUT2D eigenvalue weighted by molar-refractivity contribution is 7.79. The van der Waals surface area contributed by atoms with Crippen molar-refractivity contribution < 1.29 is 5.48 Å². The summed E-state index contributed by atoms with van der Waals surface area (Å²) in [6.45, 7) is 3.63. The number of rotatable bonds is 1. The van der Waals surface area contributed by atoms with E-state index in [0.717, 1.165) is 0 Å². The van der Waals surface area contributed by atoms with Gasteiger partial charge in [0.1, 0.15) is 0 Å². The monoisotopic (exact) mass is 170 g/mol. The van der Waals surface area contributed by atoms with Crippen LogP contribution < -0.4 is 0 Å². The van der Waals surface area contributed by atoms with E-state index in [4.69, 9.17) is 0 Å². The lowest BCUT2D eigenvalue weighted by atomic mass is 10.2. The summed E-state index contributed by atoms with van der Waals surface area (Å²) < 4.78 is 0. The Hall–Kier alpha value is -0.730. The molecule has 0 radical (unpaired) electrons. The Bertz CT molecular complexity index is 172. The quantitative estimate of drug-likeness (QED) is 0.626. The molecule has 0 spiro atoms. The van der Waals surface area contributed by atoms with Crippen LogP contribution in [0.3, 0.4) is 0 Å². The lowest BCUT2D eigenvalue weighted by Gasteiger charge is -1.85. The van der Waals surface area contributed by atoms with Gasteiger partial charge in [-0.2, -0.15) is 12.6 Å². The minimum atomic E-state index is 0. The van der Waals surface area contributed by atoms with Crippen LogP contribution in [0.15, 0.2) is 36.9 Å². The number of thiol groups is 1. The second-order valence-corrected chi connectivity index (χ2v) is 1.61. The van der Waals surface area contributed by atoms with Crippen molar-refractivity contribution in [2.24, 2.45) is 0 Å². The molecule has 0 amide bonds. The molecule has 1 nitrogen and oxygen atoms in total. The fraction of sp³-hybridized carbons (Fsp3) is 0.111. The van der Waals surface area contributed by atoms with E-state index in [1.165, 1.54) is 5.56 Å². The standard InChI is InChI=1S/C8H8.CH4S.H2O/c1-2-8-6-4-3-5-7-8;1-2;/h2-7H,1H2;2H,1H3;1H2. The Morgan fingerprint density at radius 3 is 1.91 bits per heavy atom. The zero-order chi connectivity index (χ0) is 7.82. The van der Waals surface area contributed by atoms with E-state index in [0.29, 0.717) is 0 Å². The largest absolute Gasteiger partial charge is 0.412 e. The Kier molecular flexibility index (Phi) is 10.9. The minimum absolute atomic E-state index is 0. The van der Waals surface area contributed by atoms with E-state index in [-0.39, 0.29) is 5.48 Å². The third kappa shape index (κ3) is 5.70. The highest BCUT2D eigenvalue weighted by atomic mass is 32.1. The summed E-state index contributed by atoms with van der Waals surface area (Å²) in [6.07, 6.45) is 3.53. The first-order valence-corrected chi connectivity index (χ1v) is 3.95. The van der Waals surface area contributed by atoms with Crippen LogP contribution in [-0.4, -0.2) is 11.7 Å². The molecule has 0 aliphatic heterocycles. The molecule has 1 aromatic rings. The van der Waals surface area contributed by atoms with Gasteiger partial charge in [-0.25, -0.2) is 0 Å². The second-order valence-electron chi connectivity index (χ2n) is 1.61. The molecule has 0 unspecified atom stereocenters. The Morgan fingerprint density at radius 1 is 1.18 bits per heavy atom. The van der Waals surface area contributed by atoms with Crippen molar-refractivity contribution in [3.05, 3.63) is 42.5 Å². The lowest BCUT2D eigenvalue weighted by Crippen LogP contribution is -1.63. The normalized spacial score (nSPS) is 6.73. The van der Waals surface area contributed by atoms with Gasteiger partial charge in [0.2, 0.25) is 0 Å². The molecule has 0 saturated heterocycles. The van der Waals surface area contributed by atoms with Gasteiger partial charge in [-0.05, 0) is 11.8 Å². The van der Waals surface area contributed by atoms with E-state index >= 15 is 0 Å². The molecule has 0 fully saturated rings. The maximum absolute atomic E-state index is 3.63. The Morgan fingerprint density at radius 2 is 1.64 bits per heavy atom. The zero-order valence-electron chi connectivity index (χ0n) is 6.62. The topological polar surface area (TPSA) is 31.5 Å². The van der Waals surface area contributed by atoms with Crippen LogP contribution in [0.5, 0.6) is 0 Å². The van der Waals surface area contributed by atoms with Gasteiger partial charge in [0, 0.05) is 0 Å². The van der Waals surface area contributed by atoms with Crippen molar-refractivity contribution in [2.75, 3.05) is 6.26 Å². The van der Waals surface area contributed by atoms with E-state index in [9.17, 15) is 0 Å². The second kappa shape index (κ2) is 9.27. The van der Waals surface area contributed by atoms with Crippen molar-refractivity contribution in [2.45, 2.75) is 0 Å². The summed E-state index contributed by atoms with van der Waals surface area (Å²) in [4.78, 5) is 0. The summed E-state index contributed by atoms with van der Waals surface area (Å²) in [5.74, 6) is 0. The third-order valence-electron chi connectivity index (χ3n) is 1.04. The Balaban J connectivity index is 0. The molecule has 62 valence electrons. The van der Waals surface area contributed by atoms with Gasteiger partial charge in [0.05, 0.1) is 0 Å². The maximum atomic E-state index is 3.63. The summed E-state index contributed by atoms with van der Waals surface area (Å²) in [5.41, 5.74) is 1.17. The molecule has 0 aromatic heterocycles. The van der Waals surface area contributed by atoms with Crippen LogP contribution >= 0.6 is 12.6 Å². The zero-order valence-corrected chi connectivity index (χ0v) is 7.51. The lowest BCUT2D eigenvalue weighted by molar-refractivity contribution is 0.824. The van der Waals surface area contributed by atoms with Crippen LogP contribution in [0.4, 0.5) is 0 Å². The Labute approximate surface area is 73.5 Å². The molecule has 2 heteroatoms. The highest BCUT2D eigenvalue weighted by Gasteiger charge is 1.75. The van der Waals surface area contributed by atoms with Crippen molar-refractivity contribution in [3.8, 4) is 0 Å². The number of benzene rings is 1. The van der Waals surface area contributed by atoms with E-state index in [2.05, 4.69) is 19.2 Å². The van der Waals surface area contributed by atoms with E-state index in [1.54, 1.807) is 6.26 Å². The molecule has 0 aliphatic rings. The van der Waals surface area contributed by atoms with Gasteiger partial charge in [-0.3, -0.25) is 0 Å². The molecular weight excluding hydrogens is 156 g/mol. The third-order valence-corrected chi connectivity index (χ3v) is 1.04.